The Morgan fingerprint density at radius 2 is 2.33 bits per heavy atom. The predicted octanol–water partition coefficient (Wildman–Crippen LogP) is 1.72. The number of hydrogen-bond donors (Lipinski definition) is 3. The van der Waals surface area contributed by atoms with Crippen LogP contribution in [0.5, 0.6) is 0 Å². The molecule has 1 aliphatic rings. The maximum Gasteiger partial charge on any atom is 0.195 e. The van der Waals surface area contributed by atoms with Crippen molar-refractivity contribution >= 4 is 22.5 Å². The highest BCUT2D eigenvalue weighted by Gasteiger charge is 2.11. The first-order valence-electron chi connectivity index (χ1n) is 5.86. The van der Waals surface area contributed by atoms with Crippen molar-refractivity contribution in [1.29, 1.82) is 5.26 Å². The van der Waals surface area contributed by atoms with Crippen molar-refractivity contribution in [2.75, 3.05) is 18.4 Å². The van der Waals surface area contributed by atoms with Gasteiger partial charge in [-0.25, -0.2) is 0 Å². The number of aliphatic imine (C=N–C) groups is 1. The molecule has 0 atom stereocenters. The Labute approximate surface area is 105 Å². The van der Waals surface area contributed by atoms with E-state index in [0.717, 1.165) is 41.2 Å². The zero-order valence-corrected chi connectivity index (χ0v) is 10.0. The number of aromatic nitrogens is 1. The molecule has 0 spiro atoms. The lowest BCUT2D eigenvalue weighted by molar-refractivity contribution is 0.959. The van der Waals surface area contributed by atoms with Gasteiger partial charge in [-0.2, -0.15) is 5.26 Å². The summed E-state index contributed by atoms with van der Waals surface area (Å²) >= 11 is 0. The first-order chi connectivity index (χ1) is 8.79. The van der Waals surface area contributed by atoms with E-state index in [4.69, 9.17) is 5.26 Å². The van der Waals surface area contributed by atoms with Gasteiger partial charge in [-0.1, -0.05) is 0 Å². The Balaban J connectivity index is 2.04. The van der Waals surface area contributed by atoms with Gasteiger partial charge in [0, 0.05) is 23.8 Å². The number of benzene rings is 1. The number of nitrogens with one attached hydrogen (secondary N) is 3. The van der Waals surface area contributed by atoms with Crippen LogP contribution in [0, 0.1) is 18.3 Å². The number of aryl methyl sites for hydroxylation is 1. The second kappa shape index (κ2) is 4.08. The van der Waals surface area contributed by atoms with Gasteiger partial charge in [0.2, 0.25) is 0 Å². The molecule has 0 bridgehead atoms. The molecule has 1 aromatic heterocycles. The number of rotatable bonds is 1. The highest BCUT2D eigenvalue weighted by molar-refractivity contribution is 5.99. The van der Waals surface area contributed by atoms with Crippen LogP contribution in [0.4, 0.5) is 5.69 Å². The van der Waals surface area contributed by atoms with Crippen molar-refractivity contribution in [2.24, 2.45) is 4.99 Å². The molecule has 5 nitrogen and oxygen atoms in total. The summed E-state index contributed by atoms with van der Waals surface area (Å²) in [6.07, 6.45) is 1.74. The van der Waals surface area contributed by atoms with E-state index < -0.39 is 0 Å². The summed E-state index contributed by atoms with van der Waals surface area (Å²) in [7, 11) is 0. The van der Waals surface area contributed by atoms with Gasteiger partial charge < -0.3 is 15.6 Å². The highest BCUT2D eigenvalue weighted by Crippen LogP contribution is 2.26. The van der Waals surface area contributed by atoms with Crippen LogP contribution in [-0.2, 0) is 0 Å². The molecule has 90 valence electrons. The molecule has 5 heteroatoms. The van der Waals surface area contributed by atoms with Crippen molar-refractivity contribution in [3.05, 3.63) is 29.5 Å². The number of nitriles is 1. The molecule has 1 aliphatic heterocycles. The number of fused-ring (bicyclic) bond motifs is 1. The van der Waals surface area contributed by atoms with E-state index in [1.807, 2.05) is 19.1 Å². The standard InChI is InChI=1S/C13H13N5/c1-8-11(18-13-15-4-5-16-13)3-2-10-9(6-14)7-17-12(8)10/h2-3,7,17H,4-5H2,1H3,(H2,15,16,18). The van der Waals surface area contributed by atoms with Crippen LogP contribution in [0.1, 0.15) is 11.1 Å². The Hall–Kier alpha value is -2.48. The van der Waals surface area contributed by atoms with Gasteiger partial charge in [-0.15, -0.1) is 0 Å². The number of guanidine groups is 1. The first kappa shape index (κ1) is 10.7. The van der Waals surface area contributed by atoms with E-state index in [0.29, 0.717) is 5.56 Å². The zero-order chi connectivity index (χ0) is 12.5. The maximum absolute atomic E-state index is 9.00. The molecule has 1 aromatic carbocycles. The van der Waals surface area contributed by atoms with Crippen LogP contribution in [0.3, 0.4) is 0 Å². The average Bonchev–Trinajstić information content (AvgIpc) is 3.02. The van der Waals surface area contributed by atoms with Crippen molar-refractivity contribution in [2.45, 2.75) is 6.92 Å². The molecular weight excluding hydrogens is 226 g/mol. The van der Waals surface area contributed by atoms with Gasteiger partial charge >= 0.3 is 0 Å². The van der Waals surface area contributed by atoms with E-state index in [1.54, 1.807) is 6.20 Å². The number of aromatic amines is 1. The Bertz CT molecular complexity index is 674. The van der Waals surface area contributed by atoms with E-state index in [2.05, 4.69) is 26.7 Å². The fraction of sp³-hybridized carbons (Fsp3) is 0.231. The third kappa shape index (κ3) is 1.59. The first-order valence-corrected chi connectivity index (χ1v) is 5.86. The molecule has 3 rings (SSSR count). The summed E-state index contributed by atoms with van der Waals surface area (Å²) in [5.41, 5.74) is 3.76. The van der Waals surface area contributed by atoms with Crippen molar-refractivity contribution < 1.29 is 0 Å². The topological polar surface area (TPSA) is 76.0 Å². The molecule has 0 aliphatic carbocycles. The SMILES string of the molecule is Cc1c(NC2=NCCN2)ccc2c(C#N)c[nH]c12. The molecular formula is C13H13N5. The summed E-state index contributed by atoms with van der Waals surface area (Å²) in [6.45, 7) is 3.72. The smallest absolute Gasteiger partial charge is 0.195 e. The summed E-state index contributed by atoms with van der Waals surface area (Å²) in [4.78, 5) is 7.46. The quantitative estimate of drug-likeness (QED) is 0.709. The lowest BCUT2D eigenvalue weighted by Gasteiger charge is -2.10. The van der Waals surface area contributed by atoms with Gasteiger partial charge in [-0.3, -0.25) is 4.99 Å². The summed E-state index contributed by atoms with van der Waals surface area (Å²) < 4.78 is 0. The van der Waals surface area contributed by atoms with Crippen LogP contribution in [0.2, 0.25) is 0 Å². The van der Waals surface area contributed by atoms with E-state index in [9.17, 15) is 0 Å². The molecule has 18 heavy (non-hydrogen) atoms. The molecule has 0 fully saturated rings. The third-order valence-corrected chi connectivity index (χ3v) is 3.16. The second-order valence-electron chi connectivity index (χ2n) is 4.26. The average molecular weight is 239 g/mol. The lowest BCUT2D eigenvalue weighted by atomic mass is 10.1. The molecule has 0 saturated carbocycles. The van der Waals surface area contributed by atoms with Gasteiger partial charge in [0.1, 0.15) is 6.07 Å². The van der Waals surface area contributed by atoms with Gasteiger partial charge in [0.05, 0.1) is 17.6 Å². The molecule has 3 N–H and O–H groups in total. The number of H-pyrrole nitrogens is 1. The zero-order valence-electron chi connectivity index (χ0n) is 10.0. The van der Waals surface area contributed by atoms with Crippen LogP contribution >= 0.6 is 0 Å². The van der Waals surface area contributed by atoms with Crippen LogP contribution in [-0.4, -0.2) is 24.0 Å². The van der Waals surface area contributed by atoms with Crippen molar-refractivity contribution in [3.63, 3.8) is 0 Å². The van der Waals surface area contributed by atoms with Crippen LogP contribution < -0.4 is 10.6 Å². The minimum atomic E-state index is 0.677. The summed E-state index contributed by atoms with van der Waals surface area (Å²) in [5, 5.41) is 16.4. The molecule has 0 saturated heterocycles. The van der Waals surface area contributed by atoms with E-state index in [-0.39, 0.29) is 0 Å². The Kier molecular flexibility index (Phi) is 2.41. The van der Waals surface area contributed by atoms with Crippen molar-refractivity contribution in [3.8, 4) is 6.07 Å². The summed E-state index contributed by atoms with van der Waals surface area (Å²) in [5.74, 6) is 0.810. The van der Waals surface area contributed by atoms with E-state index >= 15 is 0 Å². The molecule has 0 amide bonds. The minimum Gasteiger partial charge on any atom is -0.360 e. The largest absolute Gasteiger partial charge is 0.360 e. The fourth-order valence-corrected chi connectivity index (χ4v) is 2.18. The highest BCUT2D eigenvalue weighted by atomic mass is 15.2. The lowest BCUT2D eigenvalue weighted by Crippen LogP contribution is -2.26. The molecule has 2 heterocycles. The molecule has 0 radical (unpaired) electrons. The van der Waals surface area contributed by atoms with E-state index in [1.165, 1.54) is 0 Å². The third-order valence-electron chi connectivity index (χ3n) is 3.16. The van der Waals surface area contributed by atoms with Crippen LogP contribution in [0.15, 0.2) is 23.3 Å². The summed E-state index contributed by atoms with van der Waals surface area (Å²) in [6, 6.07) is 6.12. The monoisotopic (exact) mass is 239 g/mol. The van der Waals surface area contributed by atoms with Gasteiger partial charge in [-0.05, 0) is 24.6 Å². The number of anilines is 1. The molecule has 2 aromatic rings. The maximum atomic E-state index is 9.00. The molecule has 0 unspecified atom stereocenters. The number of nitrogens with zero attached hydrogens (tertiary/aromatic N) is 2. The van der Waals surface area contributed by atoms with Gasteiger partial charge in [0.25, 0.3) is 0 Å². The fourth-order valence-electron chi connectivity index (χ4n) is 2.18. The van der Waals surface area contributed by atoms with Crippen molar-refractivity contribution in [1.82, 2.24) is 10.3 Å². The minimum absolute atomic E-state index is 0.677. The van der Waals surface area contributed by atoms with Gasteiger partial charge in [0.15, 0.2) is 5.96 Å². The Morgan fingerprint density at radius 3 is 3.06 bits per heavy atom. The number of hydrogen-bond acceptors (Lipinski definition) is 4. The Morgan fingerprint density at radius 1 is 1.44 bits per heavy atom. The van der Waals surface area contributed by atoms with Crippen LogP contribution in [0.25, 0.3) is 10.9 Å². The predicted molar refractivity (Wildman–Crippen MR) is 71.7 cm³/mol. The second-order valence-corrected chi connectivity index (χ2v) is 4.26. The normalized spacial score (nSPS) is 14.1.